The van der Waals surface area contributed by atoms with E-state index < -0.39 is 26.4 Å². The number of hydrazine groups is 1. The number of halogens is 1. The Hall–Kier alpha value is -4.23. The number of nitrogens with one attached hydrogen (secondary N) is 1. The van der Waals surface area contributed by atoms with E-state index in [4.69, 9.17) is 20.9 Å². The standard InChI is InChI=1S/C32H37ClN5O8P/c1-3-15-36-21-30(39)37-27(17-22-9-12-25(13-10-22)46-47(42,43)44)31(40)35(19-24-11-14-28(45-2)26(33)16-24)20-29(37)38(36)32(41)34-18-23-7-5-4-6-8-23/h3-14,16,27,29,42-44,47H,1,15,17-21H2,2H3,(H,34,41)/t27-,29-/m0/s1. The van der Waals surface area contributed by atoms with Crippen molar-refractivity contribution in [3.63, 3.8) is 0 Å². The predicted molar refractivity (Wildman–Crippen MR) is 176 cm³/mol. The number of piperazine rings is 1. The fourth-order valence-electron chi connectivity index (χ4n) is 5.80. The molecule has 2 heterocycles. The fraction of sp³-hybridized carbons (Fsp3) is 0.281. The maximum atomic E-state index is 14.2. The second-order valence-corrected chi connectivity index (χ2v) is 12.9. The van der Waals surface area contributed by atoms with Crippen molar-refractivity contribution in [2.45, 2.75) is 31.7 Å². The van der Waals surface area contributed by atoms with Crippen LogP contribution in [-0.2, 0) is 29.1 Å². The maximum absolute atomic E-state index is 14.2. The van der Waals surface area contributed by atoms with Crippen LogP contribution in [0, 0.1) is 0 Å². The first-order valence-corrected chi connectivity index (χ1v) is 16.9. The van der Waals surface area contributed by atoms with Gasteiger partial charge in [0.25, 0.3) is 0 Å². The molecule has 0 radical (unpaired) electrons. The Morgan fingerprint density at radius 3 is 2.38 bits per heavy atom. The number of ether oxygens (including phenoxy) is 1. The summed E-state index contributed by atoms with van der Waals surface area (Å²) in [5.74, 6) is -0.143. The van der Waals surface area contributed by atoms with Crippen molar-refractivity contribution in [3.8, 4) is 11.5 Å². The average Bonchev–Trinajstić information content (AvgIpc) is 3.03. The molecule has 0 aliphatic carbocycles. The first kappa shape index (κ1) is 34.1. The summed E-state index contributed by atoms with van der Waals surface area (Å²) >= 11 is 6.39. The zero-order chi connectivity index (χ0) is 33.7. The van der Waals surface area contributed by atoms with Crippen LogP contribution in [-0.4, -0.2) is 91.3 Å². The van der Waals surface area contributed by atoms with Crippen molar-refractivity contribution in [3.05, 3.63) is 107 Å². The number of rotatable bonds is 11. The molecule has 3 aromatic carbocycles. The van der Waals surface area contributed by atoms with Crippen LogP contribution in [0.5, 0.6) is 11.5 Å². The summed E-state index contributed by atoms with van der Waals surface area (Å²) in [6, 6.07) is 19.3. The second kappa shape index (κ2) is 14.7. The second-order valence-electron chi connectivity index (χ2n) is 11.1. The molecule has 13 nitrogen and oxygen atoms in total. The van der Waals surface area contributed by atoms with Crippen molar-refractivity contribution >= 4 is 37.6 Å². The molecule has 3 aromatic rings. The van der Waals surface area contributed by atoms with Gasteiger partial charge in [-0.25, -0.2) is 0 Å². The van der Waals surface area contributed by atoms with Gasteiger partial charge >= 0.3 is 183 Å². The van der Waals surface area contributed by atoms with Crippen molar-refractivity contribution < 1.29 is 38.3 Å². The summed E-state index contributed by atoms with van der Waals surface area (Å²) < 4.78 is 10.1. The number of urea groups is 1. The van der Waals surface area contributed by atoms with E-state index in [1.807, 2.05) is 30.3 Å². The molecule has 0 unspecified atom stereocenters. The Kier molecular flexibility index (Phi) is 10.7. The first-order chi connectivity index (χ1) is 22.5. The number of nitrogens with zero attached hydrogens (tertiary/aromatic N) is 4. The van der Waals surface area contributed by atoms with E-state index in [0.717, 1.165) is 11.1 Å². The summed E-state index contributed by atoms with van der Waals surface area (Å²) in [6.45, 7) is 4.31. The van der Waals surface area contributed by atoms with E-state index in [1.165, 1.54) is 29.2 Å². The van der Waals surface area contributed by atoms with Gasteiger partial charge in [-0.1, -0.05) is 48.0 Å². The number of fused-ring (bicyclic) bond motifs is 1. The van der Waals surface area contributed by atoms with Crippen LogP contribution in [0.25, 0.3) is 0 Å². The van der Waals surface area contributed by atoms with Gasteiger partial charge in [-0.2, -0.15) is 0 Å². The third-order valence-electron chi connectivity index (χ3n) is 7.86. The molecule has 5 rings (SSSR count). The normalized spacial score (nSPS) is 18.9. The van der Waals surface area contributed by atoms with E-state index in [1.54, 1.807) is 46.3 Å². The molecule has 2 aliphatic heterocycles. The van der Waals surface area contributed by atoms with E-state index in [9.17, 15) is 29.1 Å². The molecule has 4 amide bonds. The van der Waals surface area contributed by atoms with E-state index in [2.05, 4.69) is 11.9 Å². The van der Waals surface area contributed by atoms with Gasteiger partial charge < -0.3 is 4.74 Å². The molecule has 0 bridgehead atoms. The van der Waals surface area contributed by atoms with Crippen LogP contribution in [0.3, 0.4) is 0 Å². The quantitative estimate of drug-likeness (QED) is 0.176. The van der Waals surface area contributed by atoms with Crippen molar-refractivity contribution in [2.75, 3.05) is 26.7 Å². The smallest absolute Gasteiger partial charge is 0.0622 e. The Labute approximate surface area is 277 Å². The van der Waals surface area contributed by atoms with Gasteiger partial charge in [0.15, 0.2) is 0 Å². The molecule has 47 heavy (non-hydrogen) atoms. The van der Waals surface area contributed by atoms with Crippen molar-refractivity contribution in [1.29, 1.82) is 0 Å². The zero-order valence-electron chi connectivity index (χ0n) is 25.7. The zero-order valence-corrected chi connectivity index (χ0v) is 27.4. The number of benzene rings is 3. The molecule has 2 atom stereocenters. The first-order valence-electron chi connectivity index (χ1n) is 14.8. The number of hydrogen-bond donors (Lipinski definition) is 4. The van der Waals surface area contributed by atoms with Gasteiger partial charge in [0, 0.05) is 6.54 Å². The minimum atomic E-state index is -4.80. The molecule has 250 valence electrons. The molecule has 15 heteroatoms. The van der Waals surface area contributed by atoms with E-state index in [0.29, 0.717) is 16.3 Å². The summed E-state index contributed by atoms with van der Waals surface area (Å²) in [6.07, 6.45) is 0.841. The molecule has 4 N–H and O–H groups in total. The minimum Gasteiger partial charge on any atom is -0.0622 e. The van der Waals surface area contributed by atoms with Crippen LogP contribution >= 0.6 is 19.8 Å². The number of methoxy groups -OCH3 is 1. The minimum absolute atomic E-state index is 0.0224. The van der Waals surface area contributed by atoms with E-state index in [-0.39, 0.29) is 56.7 Å². The molecule has 0 saturated carbocycles. The van der Waals surface area contributed by atoms with Gasteiger partial charge in [0.1, 0.15) is 5.75 Å². The van der Waals surface area contributed by atoms with Gasteiger partial charge in [-0.05, 0) is 11.6 Å². The number of carbonyl (C=O) groups excluding carboxylic acids is 3. The topological polar surface area (TPSA) is 155 Å². The number of amides is 4. The monoisotopic (exact) mass is 685 g/mol. The molecular weight excluding hydrogens is 649 g/mol. The molecule has 0 aromatic heterocycles. The number of carbonyl (C=O) groups is 3. The molecule has 2 fully saturated rings. The van der Waals surface area contributed by atoms with Crippen LogP contribution in [0.15, 0.2) is 85.5 Å². The molecular formula is C32H37ClN5O8P. The predicted octanol–water partition coefficient (Wildman–Crippen LogP) is 2.85. The molecule has 2 saturated heterocycles. The van der Waals surface area contributed by atoms with E-state index >= 15 is 0 Å². The third-order valence-corrected chi connectivity index (χ3v) is 8.67. The van der Waals surface area contributed by atoms with Crippen LogP contribution in [0.2, 0.25) is 5.02 Å². The summed E-state index contributed by atoms with van der Waals surface area (Å²) in [7, 11) is -3.30. The summed E-state index contributed by atoms with van der Waals surface area (Å²) in [4.78, 5) is 72.8. The van der Waals surface area contributed by atoms with Gasteiger partial charge in [-0.15, -0.1) is 6.58 Å². The molecule has 0 spiro atoms. The average molecular weight is 686 g/mol. The van der Waals surface area contributed by atoms with Gasteiger partial charge in [0.2, 0.25) is 0 Å². The summed E-state index contributed by atoms with van der Waals surface area (Å²) in [5, 5.41) is 6.44. The SMILES string of the molecule is C=CCN1CC(=O)N2[C@@H](Cc3ccc(O[PH](O)(O)O)cc3)C(=O)N(Cc3ccc(OC)c(Cl)c3)C[C@@H]2N1C(=O)NCc1ccccc1. The Morgan fingerprint density at radius 2 is 1.74 bits per heavy atom. The third kappa shape index (κ3) is 8.20. The Balaban J connectivity index is 1.48. The molecule has 2 aliphatic rings. The van der Waals surface area contributed by atoms with Crippen molar-refractivity contribution in [2.24, 2.45) is 0 Å². The fourth-order valence-corrected chi connectivity index (χ4v) is 6.53. The van der Waals surface area contributed by atoms with Crippen LogP contribution in [0.1, 0.15) is 16.7 Å². The van der Waals surface area contributed by atoms with Crippen molar-refractivity contribution in [1.82, 2.24) is 25.1 Å². The van der Waals surface area contributed by atoms with Gasteiger partial charge in [-0.3, -0.25) is 0 Å². The Morgan fingerprint density at radius 1 is 1.04 bits per heavy atom. The van der Waals surface area contributed by atoms with Crippen LogP contribution in [0.4, 0.5) is 4.79 Å². The van der Waals surface area contributed by atoms with Gasteiger partial charge in [0.05, 0.1) is 12.1 Å². The summed E-state index contributed by atoms with van der Waals surface area (Å²) in [5.41, 5.74) is 2.26. The Bertz CT molecular complexity index is 1610. The number of hydrogen-bond acceptors (Lipinski definition) is 9. The van der Waals surface area contributed by atoms with Crippen LogP contribution < -0.4 is 14.6 Å².